The zero-order valence-corrected chi connectivity index (χ0v) is 14.2. The minimum atomic E-state index is 0.743. The quantitative estimate of drug-likeness (QED) is 0.645. The van der Waals surface area contributed by atoms with E-state index in [9.17, 15) is 0 Å². The normalized spacial score (nSPS) is 22.4. The van der Waals surface area contributed by atoms with Crippen LogP contribution in [0.2, 0.25) is 0 Å². The summed E-state index contributed by atoms with van der Waals surface area (Å²) < 4.78 is 0. The molecule has 1 aliphatic rings. The standard InChI is InChI=1S/C16H36N4/c1-5-16-15-18(4)11-8-12-20(16)14-10-17-9-13-19(6-2)7-3/h16-17H,5-15H2,1-4H3. The zero-order valence-electron chi connectivity index (χ0n) is 14.2. The summed E-state index contributed by atoms with van der Waals surface area (Å²) in [7, 11) is 2.26. The lowest BCUT2D eigenvalue weighted by atomic mass is 10.2. The summed E-state index contributed by atoms with van der Waals surface area (Å²) in [5.74, 6) is 0. The van der Waals surface area contributed by atoms with E-state index >= 15 is 0 Å². The van der Waals surface area contributed by atoms with Crippen molar-refractivity contribution in [2.45, 2.75) is 39.7 Å². The highest BCUT2D eigenvalue weighted by molar-refractivity contribution is 4.78. The maximum absolute atomic E-state index is 3.61. The Morgan fingerprint density at radius 1 is 1.10 bits per heavy atom. The van der Waals surface area contributed by atoms with Gasteiger partial charge < -0.3 is 15.1 Å². The second-order valence-corrected chi connectivity index (χ2v) is 5.99. The van der Waals surface area contributed by atoms with Gasteiger partial charge in [0, 0.05) is 38.8 Å². The fraction of sp³-hybridized carbons (Fsp3) is 1.00. The predicted octanol–water partition coefficient (Wildman–Crippen LogP) is 1.33. The number of rotatable bonds is 9. The number of hydrogen-bond acceptors (Lipinski definition) is 4. The fourth-order valence-electron chi connectivity index (χ4n) is 3.10. The first-order valence-electron chi connectivity index (χ1n) is 8.56. The van der Waals surface area contributed by atoms with Crippen molar-refractivity contribution in [2.75, 3.05) is 66.0 Å². The summed E-state index contributed by atoms with van der Waals surface area (Å²) in [5.41, 5.74) is 0. The molecular weight excluding hydrogens is 248 g/mol. The first kappa shape index (κ1) is 17.9. The Bertz CT molecular complexity index is 231. The Morgan fingerprint density at radius 2 is 1.85 bits per heavy atom. The molecule has 0 aromatic heterocycles. The number of nitrogens with zero attached hydrogens (tertiary/aromatic N) is 3. The molecule has 0 amide bonds. The van der Waals surface area contributed by atoms with Crippen LogP contribution in [0, 0.1) is 0 Å². The SMILES string of the molecule is CCC1CN(C)CCCN1CCNCCN(CC)CC. The molecule has 1 atom stereocenters. The van der Waals surface area contributed by atoms with Crippen LogP contribution in [0.15, 0.2) is 0 Å². The Morgan fingerprint density at radius 3 is 2.50 bits per heavy atom. The molecule has 4 nitrogen and oxygen atoms in total. The van der Waals surface area contributed by atoms with E-state index in [0.717, 1.165) is 32.2 Å². The largest absolute Gasteiger partial charge is 0.314 e. The molecule has 1 rings (SSSR count). The third kappa shape index (κ3) is 6.53. The van der Waals surface area contributed by atoms with Gasteiger partial charge in [-0.05, 0) is 46.1 Å². The van der Waals surface area contributed by atoms with Crippen molar-refractivity contribution in [3.8, 4) is 0 Å². The van der Waals surface area contributed by atoms with Crippen molar-refractivity contribution in [1.29, 1.82) is 0 Å². The maximum Gasteiger partial charge on any atom is 0.0220 e. The van der Waals surface area contributed by atoms with Gasteiger partial charge in [-0.25, -0.2) is 0 Å². The van der Waals surface area contributed by atoms with Crippen LogP contribution in [-0.2, 0) is 0 Å². The van der Waals surface area contributed by atoms with Crippen LogP contribution >= 0.6 is 0 Å². The Labute approximate surface area is 126 Å². The van der Waals surface area contributed by atoms with Crippen molar-refractivity contribution in [3.63, 3.8) is 0 Å². The van der Waals surface area contributed by atoms with Crippen LogP contribution in [0.1, 0.15) is 33.6 Å². The minimum absolute atomic E-state index is 0.743. The second-order valence-electron chi connectivity index (χ2n) is 5.99. The summed E-state index contributed by atoms with van der Waals surface area (Å²) in [6.07, 6.45) is 2.58. The number of hydrogen-bond donors (Lipinski definition) is 1. The van der Waals surface area contributed by atoms with Gasteiger partial charge in [0.1, 0.15) is 0 Å². The van der Waals surface area contributed by atoms with E-state index in [-0.39, 0.29) is 0 Å². The van der Waals surface area contributed by atoms with Crippen LogP contribution in [0.5, 0.6) is 0 Å². The first-order valence-corrected chi connectivity index (χ1v) is 8.56. The third-order valence-electron chi connectivity index (χ3n) is 4.57. The lowest BCUT2D eigenvalue weighted by molar-refractivity contribution is 0.183. The molecule has 1 heterocycles. The number of nitrogens with one attached hydrogen (secondary N) is 1. The Balaban J connectivity index is 2.19. The van der Waals surface area contributed by atoms with Crippen molar-refractivity contribution in [3.05, 3.63) is 0 Å². The third-order valence-corrected chi connectivity index (χ3v) is 4.57. The molecular formula is C16H36N4. The van der Waals surface area contributed by atoms with Gasteiger partial charge in [0.25, 0.3) is 0 Å². The average Bonchev–Trinajstić information content (AvgIpc) is 2.64. The smallest absolute Gasteiger partial charge is 0.0220 e. The Kier molecular flexibility index (Phi) is 9.44. The highest BCUT2D eigenvalue weighted by Crippen LogP contribution is 2.11. The van der Waals surface area contributed by atoms with E-state index in [1.807, 2.05) is 0 Å². The molecule has 1 N–H and O–H groups in total. The molecule has 0 aromatic carbocycles. The van der Waals surface area contributed by atoms with Crippen LogP contribution < -0.4 is 5.32 Å². The van der Waals surface area contributed by atoms with E-state index in [1.54, 1.807) is 0 Å². The van der Waals surface area contributed by atoms with E-state index < -0.39 is 0 Å². The van der Waals surface area contributed by atoms with Gasteiger partial charge >= 0.3 is 0 Å². The molecule has 1 saturated heterocycles. The molecule has 0 radical (unpaired) electrons. The predicted molar refractivity (Wildman–Crippen MR) is 88.4 cm³/mol. The van der Waals surface area contributed by atoms with Gasteiger partial charge in [-0.2, -0.15) is 0 Å². The molecule has 1 aliphatic heterocycles. The zero-order chi connectivity index (χ0) is 14.8. The molecule has 4 heteroatoms. The molecule has 20 heavy (non-hydrogen) atoms. The van der Waals surface area contributed by atoms with Crippen LogP contribution in [0.3, 0.4) is 0 Å². The second kappa shape index (κ2) is 10.6. The molecule has 0 spiro atoms. The van der Waals surface area contributed by atoms with Crippen molar-refractivity contribution < 1.29 is 0 Å². The van der Waals surface area contributed by atoms with Gasteiger partial charge in [0.05, 0.1) is 0 Å². The molecule has 0 bridgehead atoms. The summed E-state index contributed by atoms with van der Waals surface area (Å²) in [5, 5.41) is 3.61. The summed E-state index contributed by atoms with van der Waals surface area (Å²) >= 11 is 0. The lowest BCUT2D eigenvalue weighted by Gasteiger charge is -2.30. The topological polar surface area (TPSA) is 21.8 Å². The Hall–Kier alpha value is -0.160. The van der Waals surface area contributed by atoms with E-state index in [1.165, 1.54) is 45.6 Å². The summed E-state index contributed by atoms with van der Waals surface area (Å²) in [6.45, 7) is 17.5. The van der Waals surface area contributed by atoms with Crippen LogP contribution in [-0.4, -0.2) is 86.7 Å². The van der Waals surface area contributed by atoms with Gasteiger partial charge in [-0.1, -0.05) is 20.8 Å². The van der Waals surface area contributed by atoms with Crippen molar-refractivity contribution in [1.82, 2.24) is 20.0 Å². The molecule has 0 saturated carbocycles. The van der Waals surface area contributed by atoms with Gasteiger partial charge in [0.2, 0.25) is 0 Å². The first-order chi connectivity index (χ1) is 9.71. The number of likely N-dealkylation sites (N-methyl/N-ethyl adjacent to an activating group) is 2. The van der Waals surface area contributed by atoms with Crippen LogP contribution in [0.25, 0.3) is 0 Å². The maximum atomic E-state index is 3.61. The molecule has 120 valence electrons. The van der Waals surface area contributed by atoms with Crippen molar-refractivity contribution >= 4 is 0 Å². The summed E-state index contributed by atoms with van der Waals surface area (Å²) in [6, 6.07) is 0.743. The van der Waals surface area contributed by atoms with Crippen molar-refractivity contribution in [2.24, 2.45) is 0 Å². The molecule has 1 unspecified atom stereocenters. The monoisotopic (exact) mass is 284 g/mol. The van der Waals surface area contributed by atoms with Gasteiger partial charge in [-0.15, -0.1) is 0 Å². The molecule has 0 aliphatic carbocycles. The van der Waals surface area contributed by atoms with E-state index in [0.29, 0.717) is 0 Å². The molecule has 0 aromatic rings. The highest BCUT2D eigenvalue weighted by atomic mass is 15.2. The minimum Gasteiger partial charge on any atom is -0.314 e. The van der Waals surface area contributed by atoms with Crippen LogP contribution in [0.4, 0.5) is 0 Å². The van der Waals surface area contributed by atoms with E-state index in [2.05, 4.69) is 47.8 Å². The highest BCUT2D eigenvalue weighted by Gasteiger charge is 2.21. The van der Waals surface area contributed by atoms with Gasteiger partial charge in [-0.3, -0.25) is 4.90 Å². The van der Waals surface area contributed by atoms with E-state index in [4.69, 9.17) is 0 Å². The average molecular weight is 284 g/mol. The van der Waals surface area contributed by atoms with Gasteiger partial charge in [0.15, 0.2) is 0 Å². The summed E-state index contributed by atoms with van der Waals surface area (Å²) in [4.78, 5) is 7.65. The lowest BCUT2D eigenvalue weighted by Crippen LogP contribution is -2.43. The fourth-order valence-corrected chi connectivity index (χ4v) is 3.10. The molecule has 1 fully saturated rings.